The Morgan fingerprint density at radius 1 is 1.45 bits per heavy atom. The van der Waals surface area contributed by atoms with Crippen LogP contribution in [0.3, 0.4) is 0 Å². The Hall–Kier alpha value is -0.820. The summed E-state index contributed by atoms with van der Waals surface area (Å²) in [7, 11) is 0. The molecule has 2 atom stereocenters. The summed E-state index contributed by atoms with van der Waals surface area (Å²) in [5, 5.41) is 0. The molecule has 2 N–H and O–H groups in total. The number of benzene rings is 1. The van der Waals surface area contributed by atoms with E-state index in [9.17, 15) is 0 Å². The van der Waals surface area contributed by atoms with Crippen LogP contribution in [0.5, 0.6) is 0 Å². The van der Waals surface area contributed by atoms with Gasteiger partial charge in [0.15, 0.2) is 0 Å². The van der Waals surface area contributed by atoms with E-state index < -0.39 is 0 Å². The molecule has 0 saturated heterocycles. The molecule has 2 rings (SSSR count). The van der Waals surface area contributed by atoms with E-state index in [0.29, 0.717) is 12.0 Å². The van der Waals surface area contributed by atoms with E-state index in [2.05, 4.69) is 31.2 Å². The van der Waals surface area contributed by atoms with Crippen LogP contribution in [0.25, 0.3) is 0 Å². The molecule has 1 nitrogen and oxygen atoms in total. The van der Waals surface area contributed by atoms with Crippen molar-refractivity contribution in [3.8, 4) is 0 Å². The van der Waals surface area contributed by atoms with Crippen LogP contribution in [-0.2, 0) is 0 Å². The van der Waals surface area contributed by atoms with Crippen molar-refractivity contribution in [1.82, 2.24) is 0 Å². The number of nitrogens with two attached hydrogens (primary N) is 1. The van der Waals surface area contributed by atoms with Crippen LogP contribution >= 0.6 is 0 Å². The van der Waals surface area contributed by atoms with E-state index in [1.54, 1.807) is 0 Å². The van der Waals surface area contributed by atoms with Crippen LogP contribution in [0.4, 0.5) is 0 Å². The summed E-state index contributed by atoms with van der Waals surface area (Å²) < 4.78 is 0. The lowest BCUT2D eigenvalue weighted by Gasteiger charge is -1.98. The van der Waals surface area contributed by atoms with Crippen LogP contribution in [0.1, 0.15) is 23.5 Å². The van der Waals surface area contributed by atoms with E-state index in [-0.39, 0.29) is 0 Å². The molecule has 0 radical (unpaired) electrons. The summed E-state index contributed by atoms with van der Waals surface area (Å²) in [5.41, 5.74) is 8.50. The molecule has 0 unspecified atom stereocenters. The van der Waals surface area contributed by atoms with Crippen molar-refractivity contribution >= 4 is 0 Å². The maximum absolute atomic E-state index is 5.75. The maximum atomic E-state index is 5.75. The normalized spacial score (nSPS) is 28.5. The van der Waals surface area contributed by atoms with Gasteiger partial charge in [-0.3, -0.25) is 0 Å². The van der Waals surface area contributed by atoms with Gasteiger partial charge in [0, 0.05) is 12.0 Å². The summed E-state index contributed by atoms with van der Waals surface area (Å²) in [6, 6.07) is 9.06. The highest BCUT2D eigenvalue weighted by atomic mass is 14.7. The van der Waals surface area contributed by atoms with E-state index in [1.807, 2.05) is 0 Å². The highest BCUT2D eigenvalue weighted by molar-refractivity contribution is 5.30. The average Bonchev–Trinajstić information content (AvgIpc) is 2.67. The zero-order valence-corrected chi connectivity index (χ0v) is 6.75. The average molecular weight is 147 g/mol. The third kappa shape index (κ3) is 1.29. The highest BCUT2D eigenvalue weighted by Gasteiger charge is 2.34. The predicted molar refractivity (Wildman–Crippen MR) is 46.5 cm³/mol. The van der Waals surface area contributed by atoms with Crippen molar-refractivity contribution < 1.29 is 0 Å². The maximum Gasteiger partial charge on any atom is 0.0115 e. The van der Waals surface area contributed by atoms with Crippen LogP contribution in [0.2, 0.25) is 0 Å². The van der Waals surface area contributed by atoms with Crippen molar-refractivity contribution in [3.63, 3.8) is 0 Å². The monoisotopic (exact) mass is 147 g/mol. The quantitative estimate of drug-likeness (QED) is 0.644. The summed E-state index contributed by atoms with van der Waals surface area (Å²) in [6.07, 6.45) is 1.17. The summed E-state index contributed by atoms with van der Waals surface area (Å²) in [6.45, 7) is 2.12. The Morgan fingerprint density at radius 2 is 2.18 bits per heavy atom. The number of rotatable bonds is 1. The van der Waals surface area contributed by atoms with Crippen LogP contribution < -0.4 is 5.73 Å². The largest absolute Gasteiger partial charge is 0.327 e. The second-order valence-corrected chi connectivity index (χ2v) is 3.42. The standard InChI is InChI=1S/C10H13N/c1-7-3-2-4-8(5-7)9-6-10(9)11/h2-5,9-10H,6,11H2,1H3/t9-,10+/m1/s1. The molecule has 0 heterocycles. The number of hydrogen-bond acceptors (Lipinski definition) is 1. The van der Waals surface area contributed by atoms with Gasteiger partial charge in [0.05, 0.1) is 0 Å². The molecule has 1 aromatic rings. The second kappa shape index (κ2) is 2.35. The second-order valence-electron chi connectivity index (χ2n) is 3.42. The van der Waals surface area contributed by atoms with Crippen molar-refractivity contribution in [2.45, 2.75) is 25.3 Å². The Bertz CT molecular complexity index is 267. The van der Waals surface area contributed by atoms with Gasteiger partial charge in [0.1, 0.15) is 0 Å². The first-order chi connectivity index (χ1) is 5.27. The molecule has 0 aromatic heterocycles. The van der Waals surface area contributed by atoms with Crippen LogP contribution in [0.15, 0.2) is 24.3 Å². The molecule has 1 fully saturated rings. The lowest BCUT2D eigenvalue weighted by Crippen LogP contribution is -2.00. The molecular weight excluding hydrogens is 134 g/mol. The molecule has 58 valence electrons. The first-order valence-corrected chi connectivity index (χ1v) is 4.09. The third-order valence-corrected chi connectivity index (χ3v) is 2.31. The minimum atomic E-state index is 0.428. The first kappa shape index (κ1) is 6.86. The molecule has 1 aliphatic rings. The van der Waals surface area contributed by atoms with E-state index in [0.717, 1.165) is 0 Å². The Labute approximate surface area is 67.2 Å². The number of aryl methyl sites for hydroxylation is 1. The topological polar surface area (TPSA) is 26.0 Å². The van der Waals surface area contributed by atoms with Gasteiger partial charge in [-0.05, 0) is 18.9 Å². The summed E-state index contributed by atoms with van der Waals surface area (Å²) in [4.78, 5) is 0. The Morgan fingerprint density at radius 3 is 2.73 bits per heavy atom. The summed E-state index contributed by atoms with van der Waals surface area (Å²) >= 11 is 0. The minimum absolute atomic E-state index is 0.428. The van der Waals surface area contributed by atoms with Gasteiger partial charge >= 0.3 is 0 Å². The molecule has 1 aromatic carbocycles. The lowest BCUT2D eigenvalue weighted by molar-refractivity contribution is 0.988. The molecule has 1 saturated carbocycles. The molecule has 1 heteroatoms. The predicted octanol–water partition coefficient (Wildman–Crippen LogP) is 1.81. The van der Waals surface area contributed by atoms with Gasteiger partial charge in [0.25, 0.3) is 0 Å². The van der Waals surface area contributed by atoms with E-state index >= 15 is 0 Å². The minimum Gasteiger partial charge on any atom is -0.327 e. The van der Waals surface area contributed by atoms with Gasteiger partial charge < -0.3 is 5.73 Å². The Kier molecular flexibility index (Phi) is 1.46. The molecule has 0 spiro atoms. The fourth-order valence-electron chi connectivity index (χ4n) is 1.50. The van der Waals surface area contributed by atoms with E-state index in [1.165, 1.54) is 17.5 Å². The zero-order chi connectivity index (χ0) is 7.84. The zero-order valence-electron chi connectivity index (χ0n) is 6.75. The van der Waals surface area contributed by atoms with Gasteiger partial charge in [-0.1, -0.05) is 29.8 Å². The van der Waals surface area contributed by atoms with Gasteiger partial charge in [-0.15, -0.1) is 0 Å². The van der Waals surface area contributed by atoms with Crippen LogP contribution in [0, 0.1) is 6.92 Å². The van der Waals surface area contributed by atoms with Crippen molar-refractivity contribution in [3.05, 3.63) is 35.4 Å². The van der Waals surface area contributed by atoms with Crippen LogP contribution in [-0.4, -0.2) is 6.04 Å². The SMILES string of the molecule is Cc1cccc([C@H]2C[C@@H]2N)c1. The van der Waals surface area contributed by atoms with Crippen molar-refractivity contribution in [1.29, 1.82) is 0 Å². The van der Waals surface area contributed by atoms with Gasteiger partial charge in [-0.2, -0.15) is 0 Å². The molecule has 1 aliphatic carbocycles. The number of hydrogen-bond donors (Lipinski definition) is 1. The smallest absolute Gasteiger partial charge is 0.0115 e. The first-order valence-electron chi connectivity index (χ1n) is 4.09. The molecule has 0 aliphatic heterocycles. The van der Waals surface area contributed by atoms with Gasteiger partial charge in [0.2, 0.25) is 0 Å². The highest BCUT2D eigenvalue weighted by Crippen LogP contribution is 2.38. The molecule has 0 bridgehead atoms. The molecule has 0 amide bonds. The molecular formula is C10H13N. The fourth-order valence-corrected chi connectivity index (χ4v) is 1.50. The lowest BCUT2D eigenvalue weighted by atomic mass is 10.1. The van der Waals surface area contributed by atoms with Gasteiger partial charge in [-0.25, -0.2) is 0 Å². The van der Waals surface area contributed by atoms with Crippen molar-refractivity contribution in [2.75, 3.05) is 0 Å². The van der Waals surface area contributed by atoms with Crippen molar-refractivity contribution in [2.24, 2.45) is 5.73 Å². The summed E-state index contributed by atoms with van der Waals surface area (Å²) in [5.74, 6) is 0.648. The fraction of sp³-hybridized carbons (Fsp3) is 0.400. The molecule has 11 heavy (non-hydrogen) atoms. The third-order valence-electron chi connectivity index (χ3n) is 2.31. The van der Waals surface area contributed by atoms with E-state index in [4.69, 9.17) is 5.73 Å². The Balaban J connectivity index is 2.25.